The second-order valence-electron chi connectivity index (χ2n) is 6.52. The molecule has 0 unspecified atom stereocenters. The van der Waals surface area contributed by atoms with Crippen LogP contribution in [0.3, 0.4) is 0 Å². The fourth-order valence-electron chi connectivity index (χ4n) is 2.94. The Morgan fingerprint density at radius 2 is 2.04 bits per heavy atom. The predicted octanol–water partition coefficient (Wildman–Crippen LogP) is 2.61. The van der Waals surface area contributed by atoms with Crippen molar-refractivity contribution < 1.29 is 17.6 Å². The van der Waals surface area contributed by atoms with E-state index in [9.17, 15) is 13.2 Å². The number of furan rings is 1. The molecule has 136 valence electrons. The van der Waals surface area contributed by atoms with E-state index in [2.05, 4.69) is 5.32 Å². The molecule has 2 rings (SSSR count). The Balaban J connectivity index is 1.84. The maximum absolute atomic E-state index is 12.4. The van der Waals surface area contributed by atoms with E-state index in [1.807, 2.05) is 32.9 Å². The van der Waals surface area contributed by atoms with E-state index in [1.165, 1.54) is 4.31 Å². The highest BCUT2D eigenvalue weighted by Crippen LogP contribution is 2.22. The van der Waals surface area contributed by atoms with Crippen molar-refractivity contribution in [3.8, 4) is 0 Å². The van der Waals surface area contributed by atoms with Crippen LogP contribution >= 0.6 is 0 Å². The van der Waals surface area contributed by atoms with Gasteiger partial charge in [-0.3, -0.25) is 4.79 Å². The molecule has 0 aromatic carbocycles. The van der Waals surface area contributed by atoms with Crippen molar-refractivity contribution in [3.63, 3.8) is 0 Å². The fourth-order valence-corrected chi connectivity index (χ4v) is 4.62. The van der Waals surface area contributed by atoms with Gasteiger partial charge >= 0.3 is 0 Å². The Morgan fingerprint density at radius 1 is 1.38 bits per heavy atom. The fraction of sp³-hybridized carbons (Fsp3) is 0.706. The van der Waals surface area contributed by atoms with E-state index in [4.69, 9.17) is 4.42 Å². The van der Waals surface area contributed by atoms with Gasteiger partial charge in [-0.05, 0) is 45.2 Å². The quantitative estimate of drug-likeness (QED) is 0.814. The first-order valence-corrected chi connectivity index (χ1v) is 10.3. The van der Waals surface area contributed by atoms with Crippen LogP contribution in [0.1, 0.15) is 57.1 Å². The Hall–Kier alpha value is -1.34. The number of carbonyl (C=O) groups excluding carboxylic acids is 1. The van der Waals surface area contributed by atoms with Gasteiger partial charge in [0.05, 0.1) is 11.8 Å². The smallest absolute Gasteiger partial charge is 0.223 e. The molecule has 2 heterocycles. The number of amides is 1. The highest BCUT2D eigenvalue weighted by atomic mass is 32.2. The summed E-state index contributed by atoms with van der Waals surface area (Å²) in [6.45, 7) is 6.60. The van der Waals surface area contributed by atoms with Crippen molar-refractivity contribution in [2.24, 2.45) is 5.92 Å². The van der Waals surface area contributed by atoms with Crippen LogP contribution in [0.15, 0.2) is 16.5 Å². The topological polar surface area (TPSA) is 79.6 Å². The first-order valence-electron chi connectivity index (χ1n) is 8.68. The standard InChI is InChI=1S/C17H28N2O4S/c1-4-5-12-24(21,22)19-10-8-15(9-11-19)17(20)18-14(3)16-7-6-13(2)23-16/h6-7,14-15H,4-5,8-12H2,1-3H3,(H,18,20)/t14-/m0/s1. The lowest BCUT2D eigenvalue weighted by molar-refractivity contribution is -0.126. The van der Waals surface area contributed by atoms with Crippen molar-refractivity contribution in [2.45, 2.75) is 52.5 Å². The number of sulfonamides is 1. The van der Waals surface area contributed by atoms with Crippen LogP contribution in [0.4, 0.5) is 0 Å². The molecule has 6 nitrogen and oxygen atoms in total. The number of carbonyl (C=O) groups is 1. The molecule has 7 heteroatoms. The van der Waals surface area contributed by atoms with Gasteiger partial charge in [-0.1, -0.05) is 13.3 Å². The van der Waals surface area contributed by atoms with Gasteiger partial charge in [0.15, 0.2) is 0 Å². The minimum Gasteiger partial charge on any atom is -0.464 e. The van der Waals surface area contributed by atoms with Gasteiger partial charge in [-0.25, -0.2) is 12.7 Å². The minimum atomic E-state index is -3.17. The highest BCUT2D eigenvalue weighted by molar-refractivity contribution is 7.89. The molecular formula is C17H28N2O4S. The lowest BCUT2D eigenvalue weighted by Crippen LogP contribution is -2.44. The van der Waals surface area contributed by atoms with Gasteiger partial charge in [-0.15, -0.1) is 0 Å². The monoisotopic (exact) mass is 356 g/mol. The summed E-state index contributed by atoms with van der Waals surface area (Å²) >= 11 is 0. The van der Waals surface area contributed by atoms with Gasteiger partial charge in [0.1, 0.15) is 11.5 Å². The maximum Gasteiger partial charge on any atom is 0.223 e. The summed E-state index contributed by atoms with van der Waals surface area (Å²) in [6, 6.07) is 3.55. The van der Waals surface area contributed by atoms with Crippen LogP contribution in [0.5, 0.6) is 0 Å². The average molecular weight is 356 g/mol. The molecule has 0 aliphatic carbocycles. The van der Waals surface area contributed by atoms with Gasteiger partial charge in [0.25, 0.3) is 0 Å². The molecule has 0 bridgehead atoms. The summed E-state index contributed by atoms with van der Waals surface area (Å²) in [5.41, 5.74) is 0. The van der Waals surface area contributed by atoms with Crippen molar-refractivity contribution in [1.29, 1.82) is 0 Å². The molecule has 1 aliphatic heterocycles. The molecular weight excluding hydrogens is 328 g/mol. The first kappa shape index (κ1) is 19.0. The molecule has 1 aromatic rings. The highest BCUT2D eigenvalue weighted by Gasteiger charge is 2.31. The lowest BCUT2D eigenvalue weighted by Gasteiger charge is -2.31. The minimum absolute atomic E-state index is 0.0258. The Labute approximate surface area is 144 Å². The molecule has 1 saturated heterocycles. The summed E-state index contributed by atoms with van der Waals surface area (Å²) in [5.74, 6) is 1.59. The van der Waals surface area contributed by atoms with Crippen LogP contribution in [-0.4, -0.2) is 37.5 Å². The van der Waals surface area contributed by atoms with Crippen LogP contribution < -0.4 is 5.32 Å². The third kappa shape index (κ3) is 4.83. The van der Waals surface area contributed by atoms with E-state index in [-0.39, 0.29) is 23.6 Å². The maximum atomic E-state index is 12.4. The first-order chi connectivity index (χ1) is 11.3. The summed E-state index contributed by atoms with van der Waals surface area (Å²) in [6.07, 6.45) is 2.69. The molecule has 1 fully saturated rings. The molecule has 1 N–H and O–H groups in total. The zero-order valence-corrected chi connectivity index (χ0v) is 15.6. The third-order valence-electron chi connectivity index (χ3n) is 4.52. The van der Waals surface area contributed by atoms with Crippen molar-refractivity contribution >= 4 is 15.9 Å². The second kappa shape index (κ2) is 8.16. The summed E-state index contributed by atoms with van der Waals surface area (Å²) in [7, 11) is -3.17. The zero-order chi connectivity index (χ0) is 17.7. The van der Waals surface area contributed by atoms with Crippen molar-refractivity contribution in [1.82, 2.24) is 9.62 Å². The van der Waals surface area contributed by atoms with E-state index in [0.29, 0.717) is 32.4 Å². The van der Waals surface area contributed by atoms with Crippen LogP contribution in [0.2, 0.25) is 0 Å². The van der Waals surface area contributed by atoms with Gasteiger partial charge in [-0.2, -0.15) is 0 Å². The molecule has 0 saturated carbocycles. The average Bonchev–Trinajstić information content (AvgIpc) is 2.99. The van der Waals surface area contributed by atoms with Crippen molar-refractivity contribution in [3.05, 3.63) is 23.7 Å². The number of nitrogens with one attached hydrogen (secondary N) is 1. The normalized spacial score (nSPS) is 18.5. The summed E-state index contributed by atoms with van der Waals surface area (Å²) in [5, 5.41) is 2.97. The number of nitrogens with zero attached hydrogens (tertiary/aromatic N) is 1. The Morgan fingerprint density at radius 3 is 2.58 bits per heavy atom. The summed E-state index contributed by atoms with van der Waals surface area (Å²) in [4.78, 5) is 12.4. The molecule has 1 aliphatic rings. The SMILES string of the molecule is CCCCS(=O)(=O)N1CCC(C(=O)N[C@@H](C)c2ccc(C)o2)CC1. The number of hydrogen-bond acceptors (Lipinski definition) is 4. The number of rotatable bonds is 7. The van der Waals surface area contributed by atoms with E-state index >= 15 is 0 Å². The Bertz CT molecular complexity index is 645. The largest absolute Gasteiger partial charge is 0.464 e. The number of hydrogen-bond donors (Lipinski definition) is 1. The molecule has 1 amide bonds. The van der Waals surface area contributed by atoms with E-state index in [0.717, 1.165) is 17.9 Å². The molecule has 0 radical (unpaired) electrons. The molecule has 1 aromatic heterocycles. The van der Waals surface area contributed by atoms with E-state index in [1.54, 1.807) is 0 Å². The van der Waals surface area contributed by atoms with Gasteiger partial charge in [0.2, 0.25) is 15.9 Å². The summed E-state index contributed by atoms with van der Waals surface area (Å²) < 4.78 is 31.5. The second-order valence-corrected chi connectivity index (χ2v) is 8.61. The predicted molar refractivity (Wildman–Crippen MR) is 93.0 cm³/mol. The Kier molecular flexibility index (Phi) is 6.46. The van der Waals surface area contributed by atoms with Gasteiger partial charge in [0, 0.05) is 19.0 Å². The lowest BCUT2D eigenvalue weighted by atomic mass is 9.97. The molecule has 0 spiro atoms. The van der Waals surface area contributed by atoms with Crippen LogP contribution in [0.25, 0.3) is 0 Å². The van der Waals surface area contributed by atoms with Crippen LogP contribution in [0, 0.1) is 12.8 Å². The van der Waals surface area contributed by atoms with Crippen molar-refractivity contribution in [2.75, 3.05) is 18.8 Å². The van der Waals surface area contributed by atoms with E-state index < -0.39 is 10.0 Å². The zero-order valence-electron chi connectivity index (χ0n) is 14.7. The molecule has 1 atom stereocenters. The number of piperidine rings is 1. The number of aryl methyl sites for hydroxylation is 1. The number of unbranched alkanes of at least 4 members (excludes halogenated alkanes) is 1. The molecule has 24 heavy (non-hydrogen) atoms. The van der Waals surface area contributed by atoms with Gasteiger partial charge < -0.3 is 9.73 Å². The third-order valence-corrected chi connectivity index (χ3v) is 6.48. The van der Waals surface area contributed by atoms with Crippen LogP contribution in [-0.2, 0) is 14.8 Å².